The number of aromatic amines is 1. The van der Waals surface area contributed by atoms with E-state index >= 15 is 0 Å². The molecule has 1 unspecified atom stereocenters. The van der Waals surface area contributed by atoms with Gasteiger partial charge in [0.25, 0.3) is 5.56 Å². The predicted octanol–water partition coefficient (Wildman–Crippen LogP) is 3.17. The zero-order valence-corrected chi connectivity index (χ0v) is 12.5. The largest absolute Gasteiger partial charge is 0.306 e. The van der Waals surface area contributed by atoms with Gasteiger partial charge >= 0.3 is 0 Å². The quantitative estimate of drug-likeness (QED) is 0.750. The highest BCUT2D eigenvalue weighted by Crippen LogP contribution is 2.36. The van der Waals surface area contributed by atoms with E-state index in [0.29, 0.717) is 11.7 Å². The van der Waals surface area contributed by atoms with E-state index in [4.69, 9.17) is 0 Å². The number of hydrogen-bond acceptors (Lipinski definition) is 4. The third-order valence-electron chi connectivity index (χ3n) is 4.10. The maximum Gasteiger partial charge on any atom is 0.260 e. The van der Waals surface area contributed by atoms with Crippen molar-refractivity contribution in [1.82, 2.24) is 15.0 Å². The van der Waals surface area contributed by atoms with Gasteiger partial charge in [-0.05, 0) is 42.9 Å². The van der Waals surface area contributed by atoms with Gasteiger partial charge in [0.2, 0.25) is 0 Å². The minimum absolute atomic E-state index is 0.0223. The fourth-order valence-corrected chi connectivity index (χ4v) is 4.37. The molecule has 1 aliphatic carbocycles. The highest BCUT2D eigenvalue weighted by molar-refractivity contribution is 7.18. The van der Waals surface area contributed by atoms with E-state index in [1.807, 2.05) is 12.1 Å². The molecule has 0 fully saturated rings. The smallest absolute Gasteiger partial charge is 0.260 e. The number of H-pyrrole nitrogens is 1. The Balaban J connectivity index is 1.94. The molecule has 4 nitrogen and oxygen atoms in total. The molecule has 3 heterocycles. The number of pyridine rings is 1. The van der Waals surface area contributed by atoms with Gasteiger partial charge in [-0.25, -0.2) is 4.98 Å². The van der Waals surface area contributed by atoms with Gasteiger partial charge in [0, 0.05) is 22.8 Å². The van der Waals surface area contributed by atoms with Crippen molar-refractivity contribution in [2.45, 2.75) is 26.2 Å². The van der Waals surface area contributed by atoms with Crippen molar-refractivity contribution < 1.29 is 0 Å². The summed E-state index contributed by atoms with van der Waals surface area (Å²) in [6.07, 6.45) is 6.65. The molecule has 0 saturated heterocycles. The molecular weight excluding hydrogens is 282 g/mol. The fourth-order valence-electron chi connectivity index (χ4n) is 2.99. The van der Waals surface area contributed by atoms with Crippen LogP contribution in [0.25, 0.3) is 21.6 Å². The Labute approximate surface area is 125 Å². The van der Waals surface area contributed by atoms with Crippen LogP contribution in [0.15, 0.2) is 29.3 Å². The second-order valence-corrected chi connectivity index (χ2v) is 6.77. The van der Waals surface area contributed by atoms with E-state index in [1.54, 1.807) is 23.7 Å². The third kappa shape index (κ3) is 2.08. The summed E-state index contributed by atoms with van der Waals surface area (Å²) in [6, 6.07) is 3.76. The summed E-state index contributed by atoms with van der Waals surface area (Å²) >= 11 is 1.67. The average molecular weight is 297 g/mol. The average Bonchev–Trinajstić information content (AvgIpc) is 2.85. The predicted molar refractivity (Wildman–Crippen MR) is 84.7 cm³/mol. The fraction of sp³-hybridized carbons (Fsp3) is 0.312. The van der Waals surface area contributed by atoms with Gasteiger partial charge < -0.3 is 4.98 Å². The first kappa shape index (κ1) is 12.7. The Morgan fingerprint density at radius 2 is 2.33 bits per heavy atom. The molecule has 0 spiro atoms. The van der Waals surface area contributed by atoms with Crippen LogP contribution < -0.4 is 5.56 Å². The highest BCUT2D eigenvalue weighted by atomic mass is 32.1. The molecule has 0 bridgehead atoms. The number of nitrogens with zero attached hydrogens (tertiary/aromatic N) is 2. The Bertz CT molecular complexity index is 866. The summed E-state index contributed by atoms with van der Waals surface area (Å²) in [4.78, 5) is 26.3. The van der Waals surface area contributed by atoms with Gasteiger partial charge in [-0.15, -0.1) is 11.3 Å². The number of aromatic nitrogens is 3. The maximum absolute atomic E-state index is 12.5. The standard InChI is InChI=1S/C16H15N3OS/c1-9-4-5-11-12(7-9)21-16-13(11)15(20)18-14(19-16)10-3-2-6-17-8-10/h2-3,6,8-9H,4-5,7H2,1H3,(H,18,19,20). The minimum Gasteiger partial charge on any atom is -0.306 e. The first-order valence-electron chi connectivity index (χ1n) is 7.17. The monoisotopic (exact) mass is 297 g/mol. The van der Waals surface area contributed by atoms with E-state index in [9.17, 15) is 4.79 Å². The normalized spacial score (nSPS) is 17.9. The molecule has 4 rings (SSSR count). The maximum atomic E-state index is 12.5. The van der Waals surface area contributed by atoms with E-state index in [1.165, 1.54) is 10.4 Å². The van der Waals surface area contributed by atoms with Crippen LogP contribution in [0.4, 0.5) is 0 Å². The molecular formula is C16H15N3OS. The van der Waals surface area contributed by atoms with Crippen LogP contribution in [0.3, 0.4) is 0 Å². The van der Waals surface area contributed by atoms with Crippen LogP contribution in [-0.4, -0.2) is 15.0 Å². The molecule has 0 saturated carbocycles. The summed E-state index contributed by atoms with van der Waals surface area (Å²) < 4.78 is 0. The van der Waals surface area contributed by atoms with Crippen LogP contribution in [0.5, 0.6) is 0 Å². The highest BCUT2D eigenvalue weighted by Gasteiger charge is 2.23. The molecule has 0 amide bonds. The molecule has 1 aliphatic rings. The van der Waals surface area contributed by atoms with Crippen molar-refractivity contribution >= 4 is 21.6 Å². The lowest BCUT2D eigenvalue weighted by molar-refractivity contribution is 0.509. The summed E-state index contributed by atoms with van der Waals surface area (Å²) in [6.45, 7) is 2.27. The molecule has 1 N–H and O–H groups in total. The van der Waals surface area contributed by atoms with Gasteiger partial charge in [-0.3, -0.25) is 9.78 Å². The molecule has 0 aromatic carbocycles. The Morgan fingerprint density at radius 1 is 1.43 bits per heavy atom. The van der Waals surface area contributed by atoms with Gasteiger partial charge in [0.15, 0.2) is 0 Å². The van der Waals surface area contributed by atoms with E-state index in [0.717, 1.165) is 35.0 Å². The lowest BCUT2D eigenvalue weighted by Gasteiger charge is -2.17. The van der Waals surface area contributed by atoms with Crippen molar-refractivity contribution in [3.63, 3.8) is 0 Å². The lowest BCUT2D eigenvalue weighted by Crippen LogP contribution is -2.13. The molecule has 0 radical (unpaired) electrons. The second kappa shape index (κ2) is 4.77. The SMILES string of the molecule is CC1CCc2c(sc3nc(-c4cccnc4)[nH]c(=O)c23)C1. The van der Waals surface area contributed by atoms with Crippen LogP contribution >= 0.6 is 11.3 Å². The van der Waals surface area contributed by atoms with E-state index in [-0.39, 0.29) is 5.56 Å². The van der Waals surface area contributed by atoms with Gasteiger partial charge in [-0.1, -0.05) is 6.92 Å². The number of fused-ring (bicyclic) bond motifs is 3. The molecule has 3 aromatic rings. The van der Waals surface area contributed by atoms with Crippen molar-refractivity contribution in [2.24, 2.45) is 5.92 Å². The number of hydrogen-bond donors (Lipinski definition) is 1. The number of aryl methyl sites for hydroxylation is 1. The summed E-state index contributed by atoms with van der Waals surface area (Å²) in [5, 5.41) is 0.801. The number of thiophene rings is 1. The lowest BCUT2D eigenvalue weighted by atomic mass is 9.89. The summed E-state index contributed by atoms with van der Waals surface area (Å²) in [5.74, 6) is 1.30. The van der Waals surface area contributed by atoms with Crippen molar-refractivity contribution in [2.75, 3.05) is 0 Å². The molecule has 3 aromatic heterocycles. The van der Waals surface area contributed by atoms with Crippen LogP contribution in [0, 0.1) is 5.92 Å². The molecule has 0 aliphatic heterocycles. The van der Waals surface area contributed by atoms with E-state index in [2.05, 4.69) is 21.9 Å². The second-order valence-electron chi connectivity index (χ2n) is 5.69. The van der Waals surface area contributed by atoms with Gasteiger partial charge in [-0.2, -0.15) is 0 Å². The third-order valence-corrected chi connectivity index (χ3v) is 5.25. The van der Waals surface area contributed by atoms with Crippen molar-refractivity contribution in [1.29, 1.82) is 0 Å². The molecule has 21 heavy (non-hydrogen) atoms. The van der Waals surface area contributed by atoms with Crippen LogP contribution in [-0.2, 0) is 12.8 Å². The van der Waals surface area contributed by atoms with Gasteiger partial charge in [0.05, 0.1) is 5.39 Å². The first-order chi connectivity index (χ1) is 10.2. The number of nitrogens with one attached hydrogen (secondary N) is 1. The molecule has 106 valence electrons. The topological polar surface area (TPSA) is 58.6 Å². The number of rotatable bonds is 1. The van der Waals surface area contributed by atoms with Crippen molar-refractivity contribution in [3.8, 4) is 11.4 Å². The van der Waals surface area contributed by atoms with Gasteiger partial charge in [0.1, 0.15) is 10.7 Å². The Kier molecular flexibility index (Phi) is 2.89. The Morgan fingerprint density at radius 3 is 3.14 bits per heavy atom. The van der Waals surface area contributed by atoms with E-state index < -0.39 is 0 Å². The zero-order valence-electron chi connectivity index (χ0n) is 11.7. The van der Waals surface area contributed by atoms with Crippen LogP contribution in [0.2, 0.25) is 0 Å². The van der Waals surface area contributed by atoms with Crippen molar-refractivity contribution in [3.05, 3.63) is 45.3 Å². The summed E-state index contributed by atoms with van der Waals surface area (Å²) in [5.41, 5.74) is 2.04. The Hall–Kier alpha value is -2.01. The summed E-state index contributed by atoms with van der Waals surface area (Å²) in [7, 11) is 0. The minimum atomic E-state index is -0.0223. The molecule has 5 heteroatoms. The van der Waals surface area contributed by atoms with Crippen LogP contribution in [0.1, 0.15) is 23.8 Å². The zero-order chi connectivity index (χ0) is 14.4. The molecule has 1 atom stereocenters. The first-order valence-corrected chi connectivity index (χ1v) is 7.99.